The van der Waals surface area contributed by atoms with E-state index >= 15 is 0 Å². The number of anilines is 1. The highest BCUT2D eigenvalue weighted by Gasteiger charge is 2.34. The number of hydrogen-bond acceptors (Lipinski definition) is 3. The summed E-state index contributed by atoms with van der Waals surface area (Å²) < 4.78 is 39.4. The van der Waals surface area contributed by atoms with Crippen molar-refractivity contribution in [2.75, 3.05) is 5.73 Å². The Morgan fingerprint density at radius 1 is 1.23 bits per heavy atom. The molecule has 1 heterocycles. The van der Waals surface area contributed by atoms with E-state index in [4.69, 9.17) is 5.73 Å². The van der Waals surface area contributed by atoms with E-state index in [1.54, 1.807) is 25.1 Å². The highest BCUT2D eigenvalue weighted by Crippen LogP contribution is 2.26. The van der Waals surface area contributed by atoms with E-state index in [2.05, 4.69) is 0 Å². The van der Waals surface area contributed by atoms with Crippen LogP contribution in [0.4, 0.5) is 18.9 Å². The maximum absolute atomic E-state index is 12.8. The molecule has 118 valence electrons. The van der Waals surface area contributed by atoms with Crippen LogP contribution in [0.5, 0.6) is 0 Å². The van der Waals surface area contributed by atoms with Gasteiger partial charge in [0.1, 0.15) is 5.69 Å². The van der Waals surface area contributed by atoms with Gasteiger partial charge in [-0.1, -0.05) is 12.1 Å². The van der Waals surface area contributed by atoms with Gasteiger partial charge in [-0.25, -0.2) is 4.79 Å². The van der Waals surface area contributed by atoms with Crippen molar-refractivity contribution in [3.05, 3.63) is 61.9 Å². The zero-order chi connectivity index (χ0) is 16.7. The summed E-state index contributed by atoms with van der Waals surface area (Å²) in [5.74, 6) is 0. The first-order valence-electron chi connectivity index (χ1n) is 6.35. The Hall–Kier alpha value is -2.51. The molecule has 0 aliphatic rings. The molecule has 0 fully saturated rings. The van der Waals surface area contributed by atoms with Gasteiger partial charge in [0, 0.05) is 18.8 Å². The van der Waals surface area contributed by atoms with Crippen LogP contribution in [0.3, 0.4) is 0 Å². The summed E-state index contributed by atoms with van der Waals surface area (Å²) in [6, 6.07) is 5.39. The van der Waals surface area contributed by atoms with Gasteiger partial charge in [0.15, 0.2) is 0 Å². The van der Waals surface area contributed by atoms with Gasteiger partial charge in [-0.2, -0.15) is 13.2 Å². The molecule has 0 atom stereocenters. The van der Waals surface area contributed by atoms with Gasteiger partial charge in [0.2, 0.25) is 0 Å². The van der Waals surface area contributed by atoms with Crippen molar-refractivity contribution in [1.82, 2.24) is 9.13 Å². The standard InChI is InChI=1S/C14H14F3N3O2/c1-8-9(4-3-5-10(8)18)7-20-12(21)6-11(14(15,16)17)19(2)13(20)22/h3-6H,7,18H2,1-2H3. The summed E-state index contributed by atoms with van der Waals surface area (Å²) in [4.78, 5) is 23.9. The molecule has 1 aromatic heterocycles. The first-order valence-corrected chi connectivity index (χ1v) is 6.35. The Labute approximate surface area is 123 Å². The van der Waals surface area contributed by atoms with Crippen LogP contribution in [0, 0.1) is 6.92 Å². The van der Waals surface area contributed by atoms with Crippen LogP contribution in [0.1, 0.15) is 16.8 Å². The Kier molecular flexibility index (Phi) is 3.87. The normalized spacial score (nSPS) is 11.7. The number of nitrogens with two attached hydrogens (primary N) is 1. The number of halogens is 3. The Balaban J connectivity index is 2.59. The fraction of sp³-hybridized carbons (Fsp3) is 0.286. The third-order valence-corrected chi connectivity index (χ3v) is 3.51. The van der Waals surface area contributed by atoms with Crippen LogP contribution in [0.25, 0.3) is 0 Å². The van der Waals surface area contributed by atoms with Crippen molar-refractivity contribution in [2.45, 2.75) is 19.6 Å². The molecule has 2 rings (SSSR count). The van der Waals surface area contributed by atoms with Gasteiger partial charge in [-0.15, -0.1) is 0 Å². The Morgan fingerprint density at radius 3 is 2.45 bits per heavy atom. The van der Waals surface area contributed by atoms with E-state index in [9.17, 15) is 22.8 Å². The van der Waals surface area contributed by atoms with Crippen molar-refractivity contribution < 1.29 is 13.2 Å². The van der Waals surface area contributed by atoms with Crippen LogP contribution in [0.15, 0.2) is 33.9 Å². The molecule has 0 saturated carbocycles. The highest BCUT2D eigenvalue weighted by molar-refractivity contribution is 5.49. The first kappa shape index (κ1) is 15.9. The van der Waals surface area contributed by atoms with Gasteiger partial charge in [-0.05, 0) is 24.1 Å². The maximum Gasteiger partial charge on any atom is 0.431 e. The van der Waals surface area contributed by atoms with Crippen molar-refractivity contribution in [2.24, 2.45) is 7.05 Å². The SMILES string of the molecule is Cc1c(N)cccc1Cn1c(=O)cc(C(F)(F)F)n(C)c1=O. The fourth-order valence-electron chi connectivity index (χ4n) is 2.13. The van der Waals surface area contributed by atoms with Gasteiger partial charge >= 0.3 is 11.9 Å². The maximum atomic E-state index is 12.8. The first-order chi connectivity index (χ1) is 10.1. The van der Waals surface area contributed by atoms with Crippen molar-refractivity contribution in [3.63, 3.8) is 0 Å². The van der Waals surface area contributed by atoms with E-state index in [-0.39, 0.29) is 6.54 Å². The van der Waals surface area contributed by atoms with Crippen LogP contribution in [-0.2, 0) is 19.8 Å². The molecule has 0 bridgehead atoms. The second-order valence-electron chi connectivity index (χ2n) is 4.92. The monoisotopic (exact) mass is 313 g/mol. The molecule has 1 aromatic carbocycles. The highest BCUT2D eigenvalue weighted by atomic mass is 19.4. The van der Waals surface area contributed by atoms with Gasteiger partial charge in [-0.3, -0.25) is 13.9 Å². The van der Waals surface area contributed by atoms with Crippen molar-refractivity contribution in [1.29, 1.82) is 0 Å². The van der Waals surface area contributed by atoms with E-state index in [1.807, 2.05) is 0 Å². The summed E-state index contributed by atoms with van der Waals surface area (Å²) in [6.45, 7) is 1.57. The third kappa shape index (κ3) is 2.76. The summed E-state index contributed by atoms with van der Waals surface area (Å²) >= 11 is 0. The molecule has 8 heteroatoms. The largest absolute Gasteiger partial charge is 0.431 e. The fourth-order valence-corrected chi connectivity index (χ4v) is 2.13. The number of alkyl halides is 3. The summed E-state index contributed by atoms with van der Waals surface area (Å²) in [5.41, 5.74) is 4.19. The van der Waals surface area contributed by atoms with Crippen LogP contribution < -0.4 is 17.0 Å². The second kappa shape index (κ2) is 5.36. The predicted octanol–water partition coefficient (Wildman–Crippen LogP) is 1.50. The van der Waals surface area contributed by atoms with Gasteiger partial charge in [0.25, 0.3) is 5.56 Å². The molecule has 0 amide bonds. The predicted molar refractivity (Wildman–Crippen MR) is 75.6 cm³/mol. The minimum absolute atomic E-state index is 0.138. The third-order valence-electron chi connectivity index (χ3n) is 3.51. The van der Waals surface area contributed by atoms with E-state index in [0.717, 1.165) is 11.6 Å². The smallest absolute Gasteiger partial charge is 0.399 e. The minimum Gasteiger partial charge on any atom is -0.399 e. The molecule has 22 heavy (non-hydrogen) atoms. The molecule has 5 nitrogen and oxygen atoms in total. The summed E-state index contributed by atoms with van der Waals surface area (Å²) in [6.07, 6.45) is -4.76. The lowest BCUT2D eigenvalue weighted by Gasteiger charge is -2.15. The molecule has 0 spiro atoms. The summed E-state index contributed by atoms with van der Waals surface area (Å²) in [5, 5.41) is 0. The quantitative estimate of drug-likeness (QED) is 0.854. The molecular weight excluding hydrogens is 299 g/mol. The van der Waals surface area contributed by atoms with E-state index < -0.39 is 23.1 Å². The number of hydrogen-bond donors (Lipinski definition) is 1. The second-order valence-corrected chi connectivity index (χ2v) is 4.92. The topological polar surface area (TPSA) is 70.0 Å². The van der Waals surface area contributed by atoms with Crippen LogP contribution in [-0.4, -0.2) is 9.13 Å². The summed E-state index contributed by atoms with van der Waals surface area (Å²) in [7, 11) is 0.979. The van der Waals surface area contributed by atoms with E-state index in [0.29, 0.717) is 27.4 Å². The molecule has 0 radical (unpaired) electrons. The number of nitrogen functional groups attached to an aromatic ring is 1. The average molecular weight is 313 g/mol. The Morgan fingerprint density at radius 2 is 1.86 bits per heavy atom. The Bertz CT molecular complexity index is 835. The van der Waals surface area contributed by atoms with Crippen molar-refractivity contribution >= 4 is 5.69 Å². The minimum atomic E-state index is -4.76. The van der Waals surface area contributed by atoms with Gasteiger partial charge < -0.3 is 5.73 Å². The molecule has 0 aliphatic heterocycles. The lowest BCUT2D eigenvalue weighted by molar-refractivity contribution is -0.144. The molecule has 0 saturated heterocycles. The lowest BCUT2D eigenvalue weighted by atomic mass is 10.1. The lowest BCUT2D eigenvalue weighted by Crippen LogP contribution is -2.42. The van der Waals surface area contributed by atoms with Gasteiger partial charge in [0.05, 0.1) is 6.54 Å². The van der Waals surface area contributed by atoms with Crippen LogP contribution >= 0.6 is 0 Å². The molecule has 0 unspecified atom stereocenters. The number of aromatic nitrogens is 2. The number of benzene rings is 1. The zero-order valence-corrected chi connectivity index (χ0v) is 11.9. The van der Waals surface area contributed by atoms with Crippen LogP contribution in [0.2, 0.25) is 0 Å². The molecule has 2 aromatic rings. The van der Waals surface area contributed by atoms with E-state index in [1.165, 1.54) is 0 Å². The molecule has 0 aliphatic carbocycles. The number of rotatable bonds is 2. The average Bonchev–Trinajstić information content (AvgIpc) is 2.42. The zero-order valence-electron chi connectivity index (χ0n) is 11.9. The molecule has 2 N–H and O–H groups in total. The van der Waals surface area contributed by atoms with Crippen molar-refractivity contribution in [3.8, 4) is 0 Å². The number of nitrogens with zero attached hydrogens (tertiary/aromatic N) is 2. The molecular formula is C14H14F3N3O2.